The molecule has 2 heterocycles. The molecule has 1 saturated heterocycles. The summed E-state index contributed by atoms with van der Waals surface area (Å²) in [6.07, 6.45) is 2.66. The van der Waals surface area contributed by atoms with Crippen LogP contribution in [-0.2, 0) is 14.3 Å². The summed E-state index contributed by atoms with van der Waals surface area (Å²) in [6, 6.07) is 11.3. The van der Waals surface area contributed by atoms with E-state index in [9.17, 15) is 9.59 Å². The van der Waals surface area contributed by atoms with Crippen LogP contribution >= 0.6 is 11.8 Å². The number of nitrogens with one attached hydrogen (secondary N) is 1. The average molecular weight is 439 g/mol. The van der Waals surface area contributed by atoms with E-state index in [0.717, 1.165) is 40.3 Å². The third-order valence-electron chi connectivity index (χ3n) is 4.39. The van der Waals surface area contributed by atoms with Gasteiger partial charge < -0.3 is 18.9 Å². The average Bonchev–Trinajstić information content (AvgIpc) is 3.38. The van der Waals surface area contributed by atoms with Crippen molar-refractivity contribution in [3.05, 3.63) is 52.9 Å². The van der Waals surface area contributed by atoms with Gasteiger partial charge in [-0.15, -0.1) is 5.10 Å². The second kappa shape index (κ2) is 8.92. The molecule has 2 aromatic rings. The van der Waals surface area contributed by atoms with E-state index >= 15 is 0 Å². The van der Waals surface area contributed by atoms with E-state index < -0.39 is 11.9 Å². The number of amides is 1. The minimum absolute atomic E-state index is 0.151. The van der Waals surface area contributed by atoms with Crippen molar-refractivity contribution in [2.45, 2.75) is 0 Å². The minimum atomic E-state index is -0.619. The van der Waals surface area contributed by atoms with E-state index in [4.69, 9.17) is 14.2 Å². The number of ether oxygens (including phenoxy) is 4. The third-order valence-corrected chi connectivity index (χ3v) is 5.29. The molecule has 0 atom stereocenters. The Balaban J connectivity index is 1.61. The zero-order valence-corrected chi connectivity index (χ0v) is 17.4. The summed E-state index contributed by atoms with van der Waals surface area (Å²) in [5.41, 5.74) is 2.55. The van der Waals surface area contributed by atoms with Crippen LogP contribution in [-0.4, -0.2) is 44.3 Å². The molecular formula is C21H17N3O6S. The predicted octanol–water partition coefficient (Wildman–Crippen LogP) is 2.70. The first-order valence-electron chi connectivity index (χ1n) is 9.05. The van der Waals surface area contributed by atoms with Gasteiger partial charge in [-0.25, -0.2) is 4.79 Å². The molecule has 31 heavy (non-hydrogen) atoms. The van der Waals surface area contributed by atoms with Crippen molar-refractivity contribution in [3.63, 3.8) is 0 Å². The van der Waals surface area contributed by atoms with Crippen LogP contribution in [0.2, 0.25) is 0 Å². The van der Waals surface area contributed by atoms with Gasteiger partial charge in [-0.3, -0.25) is 10.1 Å². The lowest BCUT2D eigenvalue weighted by molar-refractivity contribution is -0.135. The monoisotopic (exact) mass is 439 g/mol. The molecule has 0 spiro atoms. The Morgan fingerprint density at radius 3 is 2.61 bits per heavy atom. The van der Waals surface area contributed by atoms with Crippen molar-refractivity contribution in [1.82, 2.24) is 5.32 Å². The van der Waals surface area contributed by atoms with Crippen LogP contribution in [0.15, 0.2) is 57.6 Å². The molecule has 0 aromatic heterocycles. The molecule has 2 aliphatic heterocycles. The van der Waals surface area contributed by atoms with Crippen LogP contribution in [0.1, 0.15) is 5.56 Å². The lowest BCUT2D eigenvalue weighted by atomic mass is 9.99. The number of amidine groups is 1. The van der Waals surface area contributed by atoms with Gasteiger partial charge in [0.25, 0.3) is 5.91 Å². The van der Waals surface area contributed by atoms with E-state index in [1.165, 1.54) is 7.11 Å². The van der Waals surface area contributed by atoms with E-state index in [-0.39, 0.29) is 16.9 Å². The fraction of sp³-hybridized carbons (Fsp3) is 0.143. The molecule has 0 aliphatic carbocycles. The van der Waals surface area contributed by atoms with Crippen molar-refractivity contribution in [2.75, 3.05) is 21.0 Å². The number of hydrogen-bond donors (Lipinski definition) is 1. The largest absolute Gasteiger partial charge is 0.497 e. The van der Waals surface area contributed by atoms with Crippen molar-refractivity contribution < 1.29 is 28.5 Å². The zero-order chi connectivity index (χ0) is 21.8. The Kier molecular flexibility index (Phi) is 5.89. The van der Waals surface area contributed by atoms with E-state index in [0.29, 0.717) is 11.5 Å². The molecule has 158 valence electrons. The van der Waals surface area contributed by atoms with Crippen molar-refractivity contribution in [1.29, 1.82) is 0 Å². The van der Waals surface area contributed by atoms with Crippen LogP contribution in [0, 0.1) is 0 Å². The quantitative estimate of drug-likeness (QED) is 0.330. The molecule has 1 amide bonds. The predicted molar refractivity (Wildman–Crippen MR) is 115 cm³/mol. The lowest BCUT2D eigenvalue weighted by Crippen LogP contribution is -2.19. The molecule has 1 fully saturated rings. The maximum atomic E-state index is 11.9. The standard InChI is InChI=1S/C21H17N3O6S/c1-27-14-5-3-12(4-6-14)15-8-17-16(29-11-30-17)7-13(15)10-22-24-21-23-20(26)18(31-21)9-19(25)28-2/h3-10H,11H2,1-2H3,(H,23,24,26)/b18-9+,22-10?. The van der Waals surface area contributed by atoms with Crippen molar-refractivity contribution in [3.8, 4) is 28.4 Å². The van der Waals surface area contributed by atoms with Gasteiger partial charge in [-0.1, -0.05) is 12.1 Å². The summed E-state index contributed by atoms with van der Waals surface area (Å²) in [6.45, 7) is 0.151. The molecular weight excluding hydrogens is 422 g/mol. The molecule has 2 aliphatic rings. The number of esters is 1. The highest BCUT2D eigenvalue weighted by atomic mass is 32.2. The molecule has 0 bridgehead atoms. The summed E-state index contributed by atoms with van der Waals surface area (Å²) in [7, 11) is 2.85. The van der Waals surface area contributed by atoms with Crippen molar-refractivity contribution >= 4 is 35.0 Å². The van der Waals surface area contributed by atoms with Gasteiger partial charge in [0, 0.05) is 11.6 Å². The first-order chi connectivity index (χ1) is 15.1. The van der Waals surface area contributed by atoms with Crippen LogP contribution in [0.5, 0.6) is 17.2 Å². The summed E-state index contributed by atoms with van der Waals surface area (Å²) in [4.78, 5) is 23.4. The van der Waals surface area contributed by atoms with Gasteiger partial charge in [0.1, 0.15) is 5.75 Å². The maximum absolute atomic E-state index is 11.9. The molecule has 2 aromatic carbocycles. The Morgan fingerprint density at radius 2 is 1.90 bits per heavy atom. The number of hydrogen-bond acceptors (Lipinski definition) is 9. The molecule has 4 rings (SSSR count). The first kappa shape index (κ1) is 20.5. The van der Waals surface area contributed by atoms with E-state index in [1.54, 1.807) is 13.3 Å². The number of carbonyl (C=O) groups is 2. The van der Waals surface area contributed by atoms with Gasteiger partial charge in [-0.2, -0.15) is 5.10 Å². The first-order valence-corrected chi connectivity index (χ1v) is 9.87. The fourth-order valence-electron chi connectivity index (χ4n) is 2.87. The molecule has 1 N–H and O–H groups in total. The van der Waals surface area contributed by atoms with Crippen LogP contribution in [0.4, 0.5) is 0 Å². The Labute approximate surface area is 181 Å². The van der Waals surface area contributed by atoms with Crippen LogP contribution in [0.25, 0.3) is 11.1 Å². The number of carbonyl (C=O) groups excluding carboxylic acids is 2. The Morgan fingerprint density at radius 1 is 1.16 bits per heavy atom. The molecule has 10 heteroatoms. The van der Waals surface area contributed by atoms with Gasteiger partial charge in [0.2, 0.25) is 6.79 Å². The lowest BCUT2D eigenvalue weighted by Gasteiger charge is -2.09. The number of benzene rings is 2. The maximum Gasteiger partial charge on any atom is 0.331 e. The second-order valence-electron chi connectivity index (χ2n) is 6.26. The number of thioether (sulfide) groups is 1. The van der Waals surface area contributed by atoms with E-state index in [2.05, 4.69) is 20.3 Å². The molecule has 9 nitrogen and oxygen atoms in total. The van der Waals surface area contributed by atoms with E-state index in [1.807, 2.05) is 36.4 Å². The van der Waals surface area contributed by atoms with Crippen LogP contribution in [0.3, 0.4) is 0 Å². The molecule has 0 radical (unpaired) electrons. The highest BCUT2D eigenvalue weighted by Crippen LogP contribution is 2.38. The number of fused-ring (bicyclic) bond motifs is 1. The van der Waals surface area contributed by atoms with Gasteiger partial charge in [0.15, 0.2) is 16.7 Å². The van der Waals surface area contributed by atoms with Crippen molar-refractivity contribution in [2.24, 2.45) is 10.2 Å². The highest BCUT2D eigenvalue weighted by Gasteiger charge is 2.25. The smallest absolute Gasteiger partial charge is 0.331 e. The topological polar surface area (TPSA) is 108 Å². The molecule has 0 unspecified atom stereocenters. The minimum Gasteiger partial charge on any atom is -0.497 e. The number of rotatable bonds is 5. The van der Waals surface area contributed by atoms with Gasteiger partial charge in [0.05, 0.1) is 25.3 Å². The SMILES string of the molecule is COC(=O)/C=C1/S/C(=N\N=Cc2cc3c(cc2-c2ccc(OC)cc2)OCO3)NC1=O. The second-order valence-corrected chi connectivity index (χ2v) is 7.29. The number of methoxy groups -OCH3 is 2. The van der Waals surface area contributed by atoms with Gasteiger partial charge in [-0.05, 0) is 47.2 Å². The highest BCUT2D eigenvalue weighted by molar-refractivity contribution is 8.18. The molecule has 0 saturated carbocycles. The summed E-state index contributed by atoms with van der Waals surface area (Å²) < 4.78 is 20.7. The normalized spacial score (nSPS) is 17.4. The summed E-state index contributed by atoms with van der Waals surface area (Å²) >= 11 is 1.000. The summed E-state index contributed by atoms with van der Waals surface area (Å²) in [5, 5.41) is 10.9. The van der Waals surface area contributed by atoms with Crippen LogP contribution < -0.4 is 19.5 Å². The Bertz CT molecular complexity index is 1120. The third kappa shape index (κ3) is 4.53. The Hall–Kier alpha value is -3.79. The fourth-order valence-corrected chi connectivity index (χ4v) is 3.61. The number of nitrogens with zero attached hydrogens (tertiary/aromatic N) is 2. The van der Waals surface area contributed by atoms with Gasteiger partial charge >= 0.3 is 5.97 Å². The zero-order valence-electron chi connectivity index (χ0n) is 16.6. The summed E-state index contributed by atoms with van der Waals surface area (Å²) in [5.74, 6) is 0.942.